The van der Waals surface area contributed by atoms with Crippen molar-refractivity contribution in [3.63, 3.8) is 0 Å². The average molecular weight is 616 g/mol. The van der Waals surface area contributed by atoms with Crippen molar-refractivity contribution in [3.8, 4) is 5.75 Å². The van der Waals surface area contributed by atoms with Crippen molar-refractivity contribution in [2.24, 2.45) is 5.92 Å². The Bertz CT molecular complexity index is 1640. The van der Waals surface area contributed by atoms with E-state index >= 15 is 0 Å². The van der Waals surface area contributed by atoms with Crippen LogP contribution in [-0.2, 0) is 24.6 Å². The van der Waals surface area contributed by atoms with Crippen LogP contribution in [0.15, 0.2) is 70.6 Å². The number of aliphatic hydroxyl groups excluding tert-OH is 1. The molecule has 1 aliphatic carbocycles. The molecule has 1 aromatic heterocycles. The Hall–Kier alpha value is -2.61. The predicted molar refractivity (Wildman–Crippen MR) is 158 cm³/mol. The molecule has 3 fully saturated rings. The minimum absolute atomic E-state index is 0.0233. The Labute approximate surface area is 247 Å². The van der Waals surface area contributed by atoms with Crippen molar-refractivity contribution in [1.29, 1.82) is 0 Å². The molecule has 0 unspecified atom stereocenters. The van der Waals surface area contributed by atoms with Gasteiger partial charge in [0.25, 0.3) is 0 Å². The lowest BCUT2D eigenvalue weighted by Crippen LogP contribution is -2.47. The Morgan fingerprint density at radius 3 is 2.64 bits per heavy atom. The predicted octanol–water partition coefficient (Wildman–Crippen LogP) is 2.76. The summed E-state index contributed by atoms with van der Waals surface area (Å²) in [5.41, 5.74) is 0.373. The summed E-state index contributed by atoms with van der Waals surface area (Å²) in [7, 11) is -6.96. The van der Waals surface area contributed by atoms with E-state index in [1.165, 1.54) is 10.4 Å². The first-order valence-electron chi connectivity index (χ1n) is 14.5. The third-order valence-electron chi connectivity index (χ3n) is 8.46. The Morgan fingerprint density at radius 1 is 1.05 bits per heavy atom. The fourth-order valence-corrected chi connectivity index (χ4v) is 9.03. The highest BCUT2D eigenvalue weighted by molar-refractivity contribution is 7.91. The number of nitrogens with one attached hydrogen (secondary N) is 1. The van der Waals surface area contributed by atoms with Gasteiger partial charge in [-0.2, -0.15) is 4.31 Å². The molecular weight excluding hydrogens is 578 g/mol. The number of hydrogen-bond acceptors (Lipinski definition) is 9. The number of ether oxygens (including phenoxy) is 2. The molecule has 1 spiro atoms. The Kier molecular flexibility index (Phi) is 8.29. The van der Waals surface area contributed by atoms with Gasteiger partial charge >= 0.3 is 0 Å². The third-order valence-corrected chi connectivity index (χ3v) is 12.2. The highest BCUT2D eigenvalue weighted by Crippen LogP contribution is 2.38. The Balaban J connectivity index is 0.962. The molecule has 1 saturated carbocycles. The van der Waals surface area contributed by atoms with Crippen LogP contribution in [-0.4, -0.2) is 87.6 Å². The van der Waals surface area contributed by atoms with Crippen LogP contribution in [0.1, 0.15) is 32.1 Å². The van der Waals surface area contributed by atoms with Gasteiger partial charge in [-0.05, 0) is 80.5 Å². The molecule has 3 aromatic rings. The van der Waals surface area contributed by atoms with Crippen LogP contribution in [0.25, 0.3) is 10.9 Å². The van der Waals surface area contributed by atoms with Crippen LogP contribution in [0.2, 0.25) is 0 Å². The molecule has 0 radical (unpaired) electrons. The van der Waals surface area contributed by atoms with Crippen molar-refractivity contribution in [2.75, 3.05) is 38.6 Å². The van der Waals surface area contributed by atoms with Gasteiger partial charge in [-0.3, -0.25) is 4.98 Å². The number of fused-ring (bicyclic) bond motifs is 1. The molecule has 3 heterocycles. The highest BCUT2D eigenvalue weighted by atomic mass is 32.2. The number of hydrogen-bond donors (Lipinski definition) is 2. The number of aliphatic hydroxyl groups is 1. The molecular formula is C30H37N3O7S2. The van der Waals surface area contributed by atoms with Crippen LogP contribution in [0.4, 0.5) is 0 Å². The van der Waals surface area contributed by atoms with E-state index in [0.29, 0.717) is 44.8 Å². The van der Waals surface area contributed by atoms with Crippen molar-refractivity contribution >= 4 is 30.8 Å². The molecule has 0 amide bonds. The lowest BCUT2D eigenvalue weighted by atomic mass is 9.88. The number of sulfonamides is 1. The maximum Gasteiger partial charge on any atom is 0.243 e. The molecule has 2 N–H and O–H groups in total. The van der Waals surface area contributed by atoms with Gasteiger partial charge in [-0.15, -0.1) is 0 Å². The molecule has 10 nitrogen and oxygen atoms in total. The van der Waals surface area contributed by atoms with Gasteiger partial charge in [-0.1, -0.05) is 12.1 Å². The average Bonchev–Trinajstić information content (AvgIpc) is 3.72. The second-order valence-corrected chi connectivity index (χ2v) is 15.7. The first-order valence-corrected chi connectivity index (χ1v) is 17.6. The largest absolute Gasteiger partial charge is 0.491 e. The molecule has 42 heavy (non-hydrogen) atoms. The van der Waals surface area contributed by atoms with E-state index in [9.17, 15) is 21.9 Å². The number of piperidine rings is 1. The fourth-order valence-electron chi connectivity index (χ4n) is 5.82. The number of nitrogens with zero attached hydrogens (tertiary/aromatic N) is 2. The van der Waals surface area contributed by atoms with Gasteiger partial charge in [0.2, 0.25) is 10.0 Å². The third kappa shape index (κ3) is 6.63. The van der Waals surface area contributed by atoms with Gasteiger partial charge in [0.1, 0.15) is 18.5 Å². The number of pyridine rings is 1. The summed E-state index contributed by atoms with van der Waals surface area (Å²) in [6.45, 7) is 1.56. The maximum absolute atomic E-state index is 13.3. The van der Waals surface area contributed by atoms with Crippen molar-refractivity contribution in [3.05, 3.63) is 60.8 Å². The standard InChI is InChI=1S/C30H37N3O7S2/c34-25(20-39-26-4-1-5-27(16-26)41(35,36)21-22-6-7-22)18-32-24-17-30(40-19-24)10-13-33(14-11-30)42(37,38)28-8-9-29-23(15-28)3-2-12-31-29/h1-5,8-9,12,15-16,22,24-25,32,34H,6-7,10-11,13-14,17-21H2/t24-,25+/m1/s1. The van der Waals surface area contributed by atoms with Crippen molar-refractivity contribution in [2.45, 2.75) is 59.6 Å². The minimum Gasteiger partial charge on any atom is -0.491 e. The van der Waals surface area contributed by atoms with Crippen molar-refractivity contribution < 1.29 is 31.4 Å². The molecule has 12 heteroatoms. The van der Waals surface area contributed by atoms with E-state index in [1.807, 2.05) is 6.07 Å². The summed E-state index contributed by atoms with van der Waals surface area (Å²) in [5, 5.41) is 14.6. The van der Waals surface area contributed by atoms with Gasteiger partial charge < -0.3 is 19.9 Å². The van der Waals surface area contributed by atoms with Crippen LogP contribution >= 0.6 is 0 Å². The number of aromatic nitrogens is 1. The maximum atomic E-state index is 13.3. The first-order chi connectivity index (χ1) is 20.1. The van der Waals surface area contributed by atoms with Gasteiger partial charge in [0.05, 0.1) is 33.3 Å². The molecule has 2 saturated heterocycles. The molecule has 2 atom stereocenters. The number of benzene rings is 2. The normalized spacial score (nSPS) is 22.0. The fraction of sp³-hybridized carbons (Fsp3) is 0.500. The summed E-state index contributed by atoms with van der Waals surface area (Å²) in [4.78, 5) is 4.79. The SMILES string of the molecule is O=S(=O)(CC1CC1)c1cccc(OC[C@@H](O)CN[C@H]2COC3(CCN(S(=O)(=O)c4ccc5ncccc5c4)CC3)C2)c1. The molecule has 3 aliphatic rings. The summed E-state index contributed by atoms with van der Waals surface area (Å²) >= 11 is 0. The van der Waals surface area contributed by atoms with E-state index in [1.54, 1.807) is 48.7 Å². The lowest BCUT2D eigenvalue weighted by Gasteiger charge is -2.38. The second-order valence-electron chi connectivity index (χ2n) is 11.7. The second kappa shape index (κ2) is 11.8. The summed E-state index contributed by atoms with van der Waals surface area (Å²) < 4.78 is 65.2. The van der Waals surface area contributed by atoms with Crippen LogP contribution in [0, 0.1) is 5.92 Å². The monoisotopic (exact) mass is 615 g/mol. The summed E-state index contributed by atoms with van der Waals surface area (Å²) in [6, 6.07) is 15.2. The van der Waals surface area contributed by atoms with Gasteiger partial charge in [0, 0.05) is 37.3 Å². The zero-order valence-corrected chi connectivity index (χ0v) is 25.0. The summed E-state index contributed by atoms with van der Waals surface area (Å²) in [5.74, 6) is 0.848. The Morgan fingerprint density at radius 2 is 1.86 bits per heavy atom. The molecule has 2 aliphatic heterocycles. The molecule has 6 rings (SSSR count). The van der Waals surface area contributed by atoms with E-state index in [2.05, 4.69) is 10.3 Å². The molecule has 2 aromatic carbocycles. The number of sulfone groups is 1. The topological polar surface area (TPSA) is 135 Å². The zero-order chi connectivity index (χ0) is 29.4. The van der Waals surface area contributed by atoms with E-state index in [0.717, 1.165) is 30.2 Å². The zero-order valence-electron chi connectivity index (χ0n) is 23.4. The van der Waals surface area contributed by atoms with Crippen LogP contribution in [0.5, 0.6) is 5.75 Å². The molecule has 0 bridgehead atoms. The quantitative estimate of drug-likeness (QED) is 0.334. The van der Waals surface area contributed by atoms with Crippen LogP contribution in [0.3, 0.4) is 0 Å². The van der Waals surface area contributed by atoms with Crippen molar-refractivity contribution in [1.82, 2.24) is 14.6 Å². The van der Waals surface area contributed by atoms with E-state index < -0.39 is 26.0 Å². The van der Waals surface area contributed by atoms with Gasteiger partial charge in [0.15, 0.2) is 9.84 Å². The van der Waals surface area contributed by atoms with E-state index in [-0.39, 0.29) is 39.7 Å². The smallest absolute Gasteiger partial charge is 0.243 e. The number of rotatable bonds is 11. The minimum atomic E-state index is -3.62. The molecule has 226 valence electrons. The lowest BCUT2D eigenvalue weighted by molar-refractivity contribution is -0.0312. The van der Waals surface area contributed by atoms with Crippen LogP contribution < -0.4 is 10.1 Å². The summed E-state index contributed by atoms with van der Waals surface area (Å²) in [6.07, 6.45) is 4.76. The van der Waals surface area contributed by atoms with Gasteiger partial charge in [-0.25, -0.2) is 16.8 Å². The van der Waals surface area contributed by atoms with E-state index in [4.69, 9.17) is 9.47 Å². The highest BCUT2D eigenvalue weighted by Gasteiger charge is 2.44. The first kappa shape index (κ1) is 29.5.